The summed E-state index contributed by atoms with van der Waals surface area (Å²) in [6, 6.07) is 5.92. The highest BCUT2D eigenvalue weighted by molar-refractivity contribution is 7.17. The van der Waals surface area contributed by atoms with Gasteiger partial charge < -0.3 is 10.4 Å². The van der Waals surface area contributed by atoms with E-state index in [0.29, 0.717) is 5.75 Å². The van der Waals surface area contributed by atoms with E-state index in [-0.39, 0.29) is 6.04 Å². The molecule has 0 aliphatic carbocycles. The number of aromatic hydroxyl groups is 1. The average Bonchev–Trinajstić information content (AvgIpc) is 2.62. The molecular formula is C11H13NOS. The van der Waals surface area contributed by atoms with Crippen molar-refractivity contribution in [1.82, 2.24) is 5.32 Å². The Morgan fingerprint density at radius 2 is 2.21 bits per heavy atom. The molecule has 1 heterocycles. The molecule has 1 unspecified atom stereocenters. The van der Waals surface area contributed by atoms with Crippen molar-refractivity contribution in [2.24, 2.45) is 0 Å². The van der Waals surface area contributed by atoms with E-state index in [2.05, 4.69) is 17.6 Å². The number of fused-ring (bicyclic) bond motifs is 1. The summed E-state index contributed by atoms with van der Waals surface area (Å²) in [4.78, 5) is 0. The summed E-state index contributed by atoms with van der Waals surface area (Å²) in [6.45, 7) is 2.09. The van der Waals surface area contributed by atoms with Crippen molar-refractivity contribution in [1.29, 1.82) is 0 Å². The molecule has 0 radical (unpaired) electrons. The third-order valence-corrected chi connectivity index (χ3v) is 3.47. The van der Waals surface area contributed by atoms with Crippen LogP contribution in [0, 0.1) is 0 Å². The van der Waals surface area contributed by atoms with Crippen molar-refractivity contribution in [3.8, 4) is 5.75 Å². The lowest BCUT2D eigenvalue weighted by Crippen LogP contribution is -2.11. The van der Waals surface area contributed by atoms with Crippen molar-refractivity contribution < 1.29 is 5.11 Å². The van der Waals surface area contributed by atoms with Crippen molar-refractivity contribution in [3.05, 3.63) is 29.1 Å². The minimum Gasteiger partial charge on any atom is -0.507 e. The van der Waals surface area contributed by atoms with Crippen LogP contribution in [0.2, 0.25) is 0 Å². The van der Waals surface area contributed by atoms with E-state index in [0.717, 1.165) is 10.1 Å². The fraction of sp³-hybridized carbons (Fsp3) is 0.273. The average molecular weight is 207 g/mol. The van der Waals surface area contributed by atoms with Crippen molar-refractivity contribution in [2.45, 2.75) is 13.0 Å². The zero-order chi connectivity index (χ0) is 10.1. The van der Waals surface area contributed by atoms with Gasteiger partial charge in [-0.05, 0) is 37.0 Å². The number of benzene rings is 1. The van der Waals surface area contributed by atoms with Crippen LogP contribution in [0.5, 0.6) is 5.75 Å². The molecule has 2 aromatic rings. The predicted molar refractivity (Wildman–Crippen MR) is 61.0 cm³/mol. The number of phenols is 1. The molecule has 0 bridgehead atoms. The van der Waals surface area contributed by atoms with Crippen LogP contribution in [0.25, 0.3) is 10.1 Å². The number of nitrogens with one attached hydrogen (secondary N) is 1. The van der Waals surface area contributed by atoms with Crippen LogP contribution in [-0.2, 0) is 0 Å². The normalized spacial score (nSPS) is 13.3. The first-order valence-corrected chi connectivity index (χ1v) is 5.48. The number of hydrogen-bond donors (Lipinski definition) is 2. The standard InChI is InChI=1S/C11H13NOS/c1-7(12-2)8-6-14-10-5-3-4-9(13)11(8)10/h3-7,12-13H,1-2H3. The SMILES string of the molecule is CNC(C)c1csc2cccc(O)c12. The molecule has 3 heteroatoms. The van der Waals surface area contributed by atoms with E-state index >= 15 is 0 Å². The first-order chi connectivity index (χ1) is 6.74. The number of phenolic OH excluding ortho intramolecular Hbond substituents is 1. The Kier molecular flexibility index (Phi) is 2.44. The molecule has 0 aliphatic rings. The summed E-state index contributed by atoms with van der Waals surface area (Å²) in [5.41, 5.74) is 1.17. The molecule has 0 aliphatic heterocycles. The van der Waals surface area contributed by atoms with Gasteiger partial charge in [0.2, 0.25) is 0 Å². The topological polar surface area (TPSA) is 32.3 Å². The Morgan fingerprint density at radius 1 is 1.43 bits per heavy atom. The van der Waals surface area contributed by atoms with Gasteiger partial charge in [0, 0.05) is 16.1 Å². The van der Waals surface area contributed by atoms with E-state index in [4.69, 9.17) is 0 Å². The second kappa shape index (κ2) is 3.59. The van der Waals surface area contributed by atoms with Gasteiger partial charge >= 0.3 is 0 Å². The molecule has 1 atom stereocenters. The predicted octanol–water partition coefficient (Wildman–Crippen LogP) is 2.89. The van der Waals surface area contributed by atoms with Gasteiger partial charge in [-0.1, -0.05) is 6.07 Å². The summed E-state index contributed by atoms with van der Waals surface area (Å²) in [5.74, 6) is 0.376. The lowest BCUT2D eigenvalue weighted by Gasteiger charge is -2.09. The minimum absolute atomic E-state index is 0.275. The van der Waals surface area contributed by atoms with Crippen molar-refractivity contribution in [2.75, 3.05) is 7.05 Å². The van der Waals surface area contributed by atoms with E-state index < -0.39 is 0 Å². The van der Waals surface area contributed by atoms with Gasteiger partial charge in [0.25, 0.3) is 0 Å². The smallest absolute Gasteiger partial charge is 0.124 e. The highest BCUT2D eigenvalue weighted by atomic mass is 32.1. The van der Waals surface area contributed by atoms with Crippen LogP contribution in [0.3, 0.4) is 0 Å². The van der Waals surface area contributed by atoms with E-state index in [1.54, 1.807) is 17.4 Å². The van der Waals surface area contributed by atoms with Gasteiger partial charge in [-0.25, -0.2) is 0 Å². The molecule has 0 spiro atoms. The Labute approximate surface area is 87.2 Å². The first-order valence-electron chi connectivity index (χ1n) is 4.60. The van der Waals surface area contributed by atoms with Gasteiger partial charge in [-0.3, -0.25) is 0 Å². The molecule has 0 saturated carbocycles. The summed E-state index contributed by atoms with van der Waals surface area (Å²) in [5, 5.41) is 16.0. The van der Waals surface area contributed by atoms with E-state index in [9.17, 15) is 5.11 Å². The molecule has 14 heavy (non-hydrogen) atoms. The van der Waals surface area contributed by atoms with Crippen molar-refractivity contribution in [3.63, 3.8) is 0 Å². The molecule has 74 valence electrons. The van der Waals surface area contributed by atoms with E-state index in [1.165, 1.54) is 5.56 Å². The molecule has 0 fully saturated rings. The van der Waals surface area contributed by atoms with Crippen LogP contribution in [0.1, 0.15) is 18.5 Å². The van der Waals surface area contributed by atoms with Crippen LogP contribution < -0.4 is 5.32 Å². The molecule has 1 aromatic heterocycles. The molecule has 1 aromatic carbocycles. The van der Waals surface area contributed by atoms with Crippen LogP contribution in [0.15, 0.2) is 23.6 Å². The van der Waals surface area contributed by atoms with E-state index in [1.807, 2.05) is 19.2 Å². The Hall–Kier alpha value is -1.06. The number of thiophene rings is 1. The second-order valence-corrected chi connectivity index (χ2v) is 4.26. The zero-order valence-electron chi connectivity index (χ0n) is 8.24. The molecule has 0 amide bonds. The summed E-state index contributed by atoms with van der Waals surface area (Å²) in [6.07, 6.45) is 0. The quantitative estimate of drug-likeness (QED) is 0.793. The maximum atomic E-state index is 9.76. The van der Waals surface area contributed by atoms with Gasteiger partial charge in [0.05, 0.1) is 0 Å². The van der Waals surface area contributed by atoms with Crippen molar-refractivity contribution >= 4 is 21.4 Å². The largest absolute Gasteiger partial charge is 0.507 e. The lowest BCUT2D eigenvalue weighted by molar-refractivity contribution is 0.480. The summed E-state index contributed by atoms with van der Waals surface area (Å²) >= 11 is 1.67. The van der Waals surface area contributed by atoms with Crippen LogP contribution >= 0.6 is 11.3 Å². The fourth-order valence-electron chi connectivity index (χ4n) is 1.57. The first kappa shape index (κ1) is 9.49. The highest BCUT2D eigenvalue weighted by Crippen LogP contribution is 2.35. The van der Waals surface area contributed by atoms with Crippen LogP contribution in [0.4, 0.5) is 0 Å². The molecule has 2 N–H and O–H groups in total. The van der Waals surface area contributed by atoms with Gasteiger partial charge in [0.15, 0.2) is 0 Å². The fourth-order valence-corrected chi connectivity index (χ4v) is 2.64. The third kappa shape index (κ3) is 1.38. The lowest BCUT2D eigenvalue weighted by atomic mass is 10.1. The number of hydrogen-bond acceptors (Lipinski definition) is 3. The highest BCUT2D eigenvalue weighted by Gasteiger charge is 2.12. The maximum Gasteiger partial charge on any atom is 0.124 e. The summed E-state index contributed by atoms with van der Waals surface area (Å²) < 4.78 is 1.14. The molecule has 2 nitrogen and oxygen atoms in total. The maximum absolute atomic E-state index is 9.76. The summed E-state index contributed by atoms with van der Waals surface area (Å²) in [7, 11) is 1.92. The monoisotopic (exact) mass is 207 g/mol. The second-order valence-electron chi connectivity index (χ2n) is 3.35. The Bertz CT molecular complexity index is 449. The molecule has 2 rings (SSSR count). The number of rotatable bonds is 2. The molecular weight excluding hydrogens is 194 g/mol. The van der Waals surface area contributed by atoms with Crippen LogP contribution in [-0.4, -0.2) is 12.2 Å². The third-order valence-electron chi connectivity index (χ3n) is 2.51. The zero-order valence-corrected chi connectivity index (χ0v) is 9.06. The van der Waals surface area contributed by atoms with Gasteiger partial charge in [0.1, 0.15) is 5.75 Å². The molecule has 0 saturated heterocycles. The minimum atomic E-state index is 0.275. The van der Waals surface area contributed by atoms with Gasteiger partial charge in [-0.2, -0.15) is 0 Å². The van der Waals surface area contributed by atoms with Gasteiger partial charge in [-0.15, -0.1) is 11.3 Å². The Balaban J connectivity index is 2.67. The Morgan fingerprint density at radius 3 is 2.93 bits per heavy atom.